The Morgan fingerprint density at radius 2 is 2.00 bits per heavy atom. The maximum Gasteiger partial charge on any atom is 0.328 e. The van der Waals surface area contributed by atoms with E-state index in [1.54, 1.807) is 23.2 Å². The second-order valence-electron chi connectivity index (χ2n) is 5.41. The number of hydrogen-bond acceptors (Lipinski definition) is 3. The van der Waals surface area contributed by atoms with Gasteiger partial charge in [-0.1, -0.05) is 15.9 Å². The zero-order valence-electron chi connectivity index (χ0n) is 11.6. The van der Waals surface area contributed by atoms with Crippen LogP contribution in [-0.4, -0.2) is 26.8 Å². The van der Waals surface area contributed by atoms with Crippen molar-refractivity contribution in [3.8, 4) is 0 Å². The van der Waals surface area contributed by atoms with Crippen molar-refractivity contribution < 1.29 is 5.11 Å². The Bertz CT molecular complexity index is 713. The summed E-state index contributed by atoms with van der Waals surface area (Å²) in [6, 6.07) is 3.90. The number of imidazole rings is 1. The van der Waals surface area contributed by atoms with Crippen LogP contribution in [0.4, 0.5) is 0 Å². The summed E-state index contributed by atoms with van der Waals surface area (Å²) in [5.41, 5.74) is 2.48. The quantitative estimate of drug-likeness (QED) is 0.870. The Hall–Kier alpha value is -1.11. The van der Waals surface area contributed by atoms with Crippen LogP contribution in [0.2, 0.25) is 0 Å². The minimum Gasteiger partial charge on any atom is -0.387 e. The Balaban J connectivity index is 2.14. The monoisotopic (exact) mass is 339 g/mol. The smallest absolute Gasteiger partial charge is 0.328 e. The first-order valence-corrected chi connectivity index (χ1v) is 7.56. The number of rotatable bonds is 2. The van der Waals surface area contributed by atoms with Gasteiger partial charge in [0.25, 0.3) is 0 Å². The van der Waals surface area contributed by atoms with E-state index in [4.69, 9.17) is 0 Å². The molecule has 20 heavy (non-hydrogen) atoms. The fourth-order valence-corrected chi connectivity index (χ4v) is 3.53. The average molecular weight is 340 g/mol. The molecule has 2 unspecified atom stereocenters. The summed E-state index contributed by atoms with van der Waals surface area (Å²) in [4.78, 5) is 12.0. The minimum atomic E-state index is -0.563. The molecule has 1 aliphatic rings. The van der Waals surface area contributed by atoms with Crippen LogP contribution in [0.15, 0.2) is 21.4 Å². The normalized spacial score (nSPS) is 20.7. The zero-order chi connectivity index (χ0) is 14.4. The van der Waals surface area contributed by atoms with Gasteiger partial charge in [-0.2, -0.15) is 0 Å². The van der Waals surface area contributed by atoms with Crippen LogP contribution >= 0.6 is 15.9 Å². The maximum atomic E-state index is 12.0. The fourth-order valence-electron chi connectivity index (χ4n) is 2.96. The molecule has 0 saturated carbocycles. The molecule has 3 rings (SSSR count). The van der Waals surface area contributed by atoms with Crippen molar-refractivity contribution >= 4 is 27.0 Å². The standard InChI is InChI=1S/C14H18BrN3O2/c1-17-11-6-8(13(19)10-4-3-5-16-10)9(15)7-12(11)18(2)14(17)20/h6-7,10,13,16,19H,3-5H2,1-2H3. The SMILES string of the molecule is Cn1c(=O)n(C)c2cc(C(O)C3CCCN3)c(Br)cc21. The number of benzene rings is 1. The van der Waals surface area contributed by atoms with Crippen LogP contribution in [0, 0.1) is 0 Å². The van der Waals surface area contributed by atoms with Crippen LogP contribution in [0.5, 0.6) is 0 Å². The second-order valence-corrected chi connectivity index (χ2v) is 6.27. The molecule has 0 bridgehead atoms. The van der Waals surface area contributed by atoms with E-state index in [1.165, 1.54) is 0 Å². The van der Waals surface area contributed by atoms with Gasteiger partial charge < -0.3 is 10.4 Å². The number of fused-ring (bicyclic) bond motifs is 1. The van der Waals surface area contributed by atoms with Crippen LogP contribution in [0.3, 0.4) is 0 Å². The van der Waals surface area contributed by atoms with E-state index in [0.717, 1.165) is 40.5 Å². The highest BCUT2D eigenvalue weighted by Crippen LogP contribution is 2.32. The topological polar surface area (TPSA) is 59.2 Å². The van der Waals surface area contributed by atoms with Crippen molar-refractivity contribution in [1.82, 2.24) is 14.5 Å². The molecule has 0 radical (unpaired) electrons. The van der Waals surface area contributed by atoms with Gasteiger partial charge in [-0.15, -0.1) is 0 Å². The molecule has 2 heterocycles. The lowest BCUT2D eigenvalue weighted by molar-refractivity contribution is 0.137. The minimum absolute atomic E-state index is 0.0578. The van der Waals surface area contributed by atoms with E-state index in [2.05, 4.69) is 21.2 Å². The molecule has 2 N–H and O–H groups in total. The third-order valence-corrected chi connectivity index (χ3v) is 4.88. The summed E-state index contributed by atoms with van der Waals surface area (Å²) in [5, 5.41) is 13.9. The molecule has 2 aromatic rings. The summed E-state index contributed by atoms with van der Waals surface area (Å²) < 4.78 is 4.07. The molecule has 1 aliphatic heterocycles. The van der Waals surface area contributed by atoms with E-state index < -0.39 is 6.10 Å². The third kappa shape index (κ3) is 2.03. The van der Waals surface area contributed by atoms with Crippen LogP contribution in [-0.2, 0) is 14.1 Å². The predicted octanol–water partition coefficient (Wildman–Crippen LogP) is 1.42. The summed E-state index contributed by atoms with van der Waals surface area (Å²) in [6.07, 6.45) is 1.50. The molecule has 1 aromatic heterocycles. The number of aliphatic hydroxyl groups excluding tert-OH is 1. The highest BCUT2D eigenvalue weighted by molar-refractivity contribution is 9.10. The second kappa shape index (κ2) is 5.02. The molecule has 0 aliphatic carbocycles. The van der Waals surface area contributed by atoms with Gasteiger partial charge in [0.2, 0.25) is 0 Å². The lowest BCUT2D eigenvalue weighted by Gasteiger charge is -2.20. The van der Waals surface area contributed by atoms with Crippen LogP contribution in [0.25, 0.3) is 11.0 Å². The maximum absolute atomic E-state index is 12.0. The molecule has 1 saturated heterocycles. The summed E-state index contributed by atoms with van der Waals surface area (Å²) in [7, 11) is 3.51. The summed E-state index contributed by atoms with van der Waals surface area (Å²) in [5.74, 6) is 0. The van der Waals surface area contributed by atoms with E-state index in [1.807, 2.05) is 12.1 Å². The number of nitrogens with zero attached hydrogens (tertiary/aromatic N) is 2. The van der Waals surface area contributed by atoms with E-state index in [0.29, 0.717) is 0 Å². The Kier molecular flexibility index (Phi) is 3.48. The molecule has 2 atom stereocenters. The van der Waals surface area contributed by atoms with Gasteiger partial charge in [0, 0.05) is 24.6 Å². The number of hydrogen-bond donors (Lipinski definition) is 2. The Labute approximate surface area is 125 Å². The lowest BCUT2D eigenvalue weighted by Crippen LogP contribution is -2.28. The molecule has 6 heteroatoms. The summed E-state index contributed by atoms with van der Waals surface area (Å²) >= 11 is 3.52. The Morgan fingerprint density at radius 1 is 1.35 bits per heavy atom. The van der Waals surface area contributed by atoms with E-state index in [-0.39, 0.29) is 11.7 Å². The van der Waals surface area contributed by atoms with Gasteiger partial charge in [-0.3, -0.25) is 9.13 Å². The van der Waals surface area contributed by atoms with Crippen LogP contribution < -0.4 is 11.0 Å². The predicted molar refractivity (Wildman–Crippen MR) is 81.8 cm³/mol. The Morgan fingerprint density at radius 3 is 2.60 bits per heavy atom. The average Bonchev–Trinajstić information content (AvgIpc) is 3.03. The molecule has 1 aromatic carbocycles. The van der Waals surface area contributed by atoms with Crippen molar-refractivity contribution in [1.29, 1.82) is 0 Å². The fraction of sp³-hybridized carbons (Fsp3) is 0.500. The van der Waals surface area contributed by atoms with E-state index >= 15 is 0 Å². The number of halogens is 1. The molecule has 0 spiro atoms. The number of nitrogens with one attached hydrogen (secondary N) is 1. The molecular formula is C14H18BrN3O2. The highest BCUT2D eigenvalue weighted by Gasteiger charge is 2.26. The van der Waals surface area contributed by atoms with Gasteiger partial charge in [-0.05, 0) is 37.1 Å². The number of aryl methyl sites for hydroxylation is 2. The lowest BCUT2D eigenvalue weighted by atomic mass is 10.0. The molecular weight excluding hydrogens is 322 g/mol. The van der Waals surface area contributed by atoms with Crippen LogP contribution in [0.1, 0.15) is 24.5 Å². The van der Waals surface area contributed by atoms with E-state index in [9.17, 15) is 9.90 Å². The van der Waals surface area contributed by atoms with Gasteiger partial charge in [0.15, 0.2) is 0 Å². The van der Waals surface area contributed by atoms with Crippen molar-refractivity contribution in [2.45, 2.75) is 25.0 Å². The van der Waals surface area contributed by atoms with Crippen molar-refractivity contribution in [3.05, 3.63) is 32.7 Å². The first-order chi connectivity index (χ1) is 9.50. The van der Waals surface area contributed by atoms with Gasteiger partial charge in [0.05, 0.1) is 17.1 Å². The molecule has 0 amide bonds. The largest absolute Gasteiger partial charge is 0.387 e. The van der Waals surface area contributed by atoms with Gasteiger partial charge >= 0.3 is 5.69 Å². The third-order valence-electron chi connectivity index (χ3n) is 4.19. The highest BCUT2D eigenvalue weighted by atomic mass is 79.9. The molecule has 108 valence electrons. The van der Waals surface area contributed by atoms with Gasteiger partial charge in [0.1, 0.15) is 0 Å². The van der Waals surface area contributed by atoms with Gasteiger partial charge in [-0.25, -0.2) is 4.79 Å². The van der Waals surface area contributed by atoms with Crippen molar-refractivity contribution in [2.75, 3.05) is 6.54 Å². The molecule has 1 fully saturated rings. The summed E-state index contributed by atoms with van der Waals surface area (Å²) in [6.45, 7) is 0.950. The van der Waals surface area contributed by atoms with Crippen molar-refractivity contribution in [3.63, 3.8) is 0 Å². The molecule has 5 nitrogen and oxygen atoms in total. The number of aromatic nitrogens is 2. The first-order valence-electron chi connectivity index (χ1n) is 6.77. The first kappa shape index (κ1) is 13.9. The zero-order valence-corrected chi connectivity index (χ0v) is 13.1. The van der Waals surface area contributed by atoms with Crippen molar-refractivity contribution in [2.24, 2.45) is 14.1 Å². The number of aliphatic hydroxyl groups is 1.